The standard InChI is InChI=1S/C12H18N4O/c1-3-8(2)13-12(17)10-6-7-11(16-15-10)14-9-4-5-9/h6-9H,3-5H2,1-2H3,(H,13,17)(H,14,16). The summed E-state index contributed by atoms with van der Waals surface area (Å²) in [6, 6.07) is 4.21. The van der Waals surface area contributed by atoms with E-state index >= 15 is 0 Å². The van der Waals surface area contributed by atoms with Crippen LogP contribution in [0.4, 0.5) is 5.82 Å². The SMILES string of the molecule is CCC(C)NC(=O)c1ccc(NC2CC2)nn1. The Bertz CT molecular complexity index is 386. The van der Waals surface area contributed by atoms with Gasteiger partial charge in [-0.05, 0) is 38.3 Å². The Morgan fingerprint density at radius 2 is 2.24 bits per heavy atom. The molecule has 2 rings (SSSR count). The summed E-state index contributed by atoms with van der Waals surface area (Å²) in [6.45, 7) is 3.99. The molecular weight excluding hydrogens is 216 g/mol. The summed E-state index contributed by atoms with van der Waals surface area (Å²) in [4.78, 5) is 11.7. The number of amides is 1. The molecule has 92 valence electrons. The van der Waals surface area contributed by atoms with Gasteiger partial charge in [-0.15, -0.1) is 10.2 Å². The van der Waals surface area contributed by atoms with Crippen LogP contribution in [0.1, 0.15) is 43.6 Å². The Morgan fingerprint density at radius 1 is 1.47 bits per heavy atom. The van der Waals surface area contributed by atoms with Gasteiger partial charge < -0.3 is 10.6 Å². The summed E-state index contributed by atoms with van der Waals surface area (Å²) in [5.74, 6) is 0.581. The van der Waals surface area contributed by atoms with Crippen molar-refractivity contribution in [1.29, 1.82) is 0 Å². The Labute approximate surface area is 101 Å². The largest absolute Gasteiger partial charge is 0.366 e. The minimum absolute atomic E-state index is 0.161. The van der Waals surface area contributed by atoms with Crippen molar-refractivity contribution in [1.82, 2.24) is 15.5 Å². The molecule has 1 unspecified atom stereocenters. The van der Waals surface area contributed by atoms with Crippen molar-refractivity contribution in [3.63, 3.8) is 0 Å². The highest BCUT2D eigenvalue weighted by Gasteiger charge is 2.21. The monoisotopic (exact) mass is 234 g/mol. The topological polar surface area (TPSA) is 66.9 Å². The molecule has 0 aliphatic heterocycles. The first-order chi connectivity index (χ1) is 8.19. The van der Waals surface area contributed by atoms with Gasteiger partial charge in [0, 0.05) is 12.1 Å². The second-order valence-corrected chi connectivity index (χ2v) is 4.51. The van der Waals surface area contributed by atoms with Gasteiger partial charge in [-0.2, -0.15) is 0 Å². The molecule has 0 bridgehead atoms. The van der Waals surface area contributed by atoms with E-state index in [1.54, 1.807) is 12.1 Å². The van der Waals surface area contributed by atoms with Crippen LogP contribution in [0.3, 0.4) is 0 Å². The molecule has 1 heterocycles. The maximum absolute atomic E-state index is 11.7. The number of carbonyl (C=O) groups is 1. The van der Waals surface area contributed by atoms with Crippen molar-refractivity contribution >= 4 is 11.7 Å². The molecule has 1 aliphatic rings. The van der Waals surface area contributed by atoms with Gasteiger partial charge in [0.25, 0.3) is 5.91 Å². The Hall–Kier alpha value is -1.65. The maximum Gasteiger partial charge on any atom is 0.272 e. The zero-order valence-electron chi connectivity index (χ0n) is 10.2. The molecular formula is C12H18N4O. The first-order valence-corrected chi connectivity index (χ1v) is 6.10. The van der Waals surface area contributed by atoms with Gasteiger partial charge in [-0.1, -0.05) is 6.92 Å². The lowest BCUT2D eigenvalue weighted by molar-refractivity contribution is 0.0933. The number of aromatic nitrogens is 2. The second kappa shape index (κ2) is 5.12. The zero-order chi connectivity index (χ0) is 12.3. The van der Waals surface area contributed by atoms with Crippen LogP contribution in [0.25, 0.3) is 0 Å². The maximum atomic E-state index is 11.7. The van der Waals surface area contributed by atoms with Gasteiger partial charge in [0.1, 0.15) is 5.82 Å². The molecule has 0 radical (unpaired) electrons. The molecule has 2 N–H and O–H groups in total. The van der Waals surface area contributed by atoms with Gasteiger partial charge in [-0.3, -0.25) is 4.79 Å². The lowest BCUT2D eigenvalue weighted by atomic mass is 10.2. The number of rotatable bonds is 5. The molecule has 5 heteroatoms. The fraction of sp³-hybridized carbons (Fsp3) is 0.583. The minimum atomic E-state index is -0.162. The number of hydrogen-bond acceptors (Lipinski definition) is 4. The summed E-state index contributed by atoms with van der Waals surface area (Å²) in [7, 11) is 0. The van der Waals surface area contributed by atoms with E-state index in [4.69, 9.17) is 0 Å². The fourth-order valence-corrected chi connectivity index (χ4v) is 1.37. The minimum Gasteiger partial charge on any atom is -0.366 e. The normalized spacial score (nSPS) is 16.4. The molecule has 0 saturated heterocycles. The second-order valence-electron chi connectivity index (χ2n) is 4.51. The first kappa shape index (κ1) is 11.8. The van der Waals surface area contributed by atoms with Crippen LogP contribution in [-0.4, -0.2) is 28.2 Å². The molecule has 0 spiro atoms. The number of carbonyl (C=O) groups excluding carboxylic acids is 1. The van der Waals surface area contributed by atoms with E-state index in [0.717, 1.165) is 12.2 Å². The predicted molar refractivity (Wildman–Crippen MR) is 65.9 cm³/mol. The average molecular weight is 234 g/mol. The summed E-state index contributed by atoms with van der Waals surface area (Å²) in [5.41, 5.74) is 0.367. The molecule has 17 heavy (non-hydrogen) atoms. The number of nitrogens with one attached hydrogen (secondary N) is 2. The summed E-state index contributed by atoms with van der Waals surface area (Å²) in [5, 5.41) is 14.0. The van der Waals surface area contributed by atoms with Crippen molar-refractivity contribution in [3.05, 3.63) is 17.8 Å². The lowest BCUT2D eigenvalue weighted by Gasteiger charge is -2.10. The third-order valence-electron chi connectivity index (χ3n) is 2.82. The molecule has 1 fully saturated rings. The zero-order valence-corrected chi connectivity index (χ0v) is 10.2. The molecule has 1 aromatic rings. The third kappa shape index (κ3) is 3.41. The van der Waals surface area contributed by atoms with Crippen molar-refractivity contribution in [2.75, 3.05) is 5.32 Å². The number of nitrogens with zero attached hydrogens (tertiary/aromatic N) is 2. The third-order valence-corrected chi connectivity index (χ3v) is 2.82. The van der Waals surface area contributed by atoms with Crippen LogP contribution in [0, 0.1) is 0 Å². The smallest absolute Gasteiger partial charge is 0.272 e. The van der Waals surface area contributed by atoms with Crippen LogP contribution in [0.2, 0.25) is 0 Å². The fourth-order valence-electron chi connectivity index (χ4n) is 1.37. The lowest BCUT2D eigenvalue weighted by Crippen LogP contribution is -2.32. The predicted octanol–water partition coefficient (Wildman–Crippen LogP) is 1.58. The molecule has 5 nitrogen and oxygen atoms in total. The van der Waals surface area contributed by atoms with E-state index in [-0.39, 0.29) is 11.9 Å². The molecule has 1 saturated carbocycles. The molecule has 1 atom stereocenters. The number of hydrogen-bond donors (Lipinski definition) is 2. The summed E-state index contributed by atoms with van der Waals surface area (Å²) < 4.78 is 0. The highest BCUT2D eigenvalue weighted by molar-refractivity contribution is 5.92. The van der Waals surface area contributed by atoms with Crippen LogP contribution < -0.4 is 10.6 Å². The summed E-state index contributed by atoms with van der Waals surface area (Å²) >= 11 is 0. The molecule has 0 aromatic carbocycles. The van der Waals surface area contributed by atoms with E-state index < -0.39 is 0 Å². The van der Waals surface area contributed by atoms with Gasteiger partial charge in [0.05, 0.1) is 0 Å². The molecule has 1 aromatic heterocycles. The quantitative estimate of drug-likeness (QED) is 0.811. The summed E-state index contributed by atoms with van der Waals surface area (Å²) in [6.07, 6.45) is 3.29. The van der Waals surface area contributed by atoms with Crippen LogP contribution in [0.5, 0.6) is 0 Å². The van der Waals surface area contributed by atoms with Gasteiger partial charge >= 0.3 is 0 Å². The first-order valence-electron chi connectivity index (χ1n) is 6.10. The van der Waals surface area contributed by atoms with Crippen molar-refractivity contribution in [3.8, 4) is 0 Å². The van der Waals surface area contributed by atoms with Gasteiger partial charge in [0.2, 0.25) is 0 Å². The van der Waals surface area contributed by atoms with Gasteiger partial charge in [-0.25, -0.2) is 0 Å². The van der Waals surface area contributed by atoms with Crippen LogP contribution >= 0.6 is 0 Å². The highest BCUT2D eigenvalue weighted by atomic mass is 16.2. The van der Waals surface area contributed by atoms with E-state index in [0.29, 0.717) is 11.7 Å². The molecule has 1 amide bonds. The van der Waals surface area contributed by atoms with Crippen molar-refractivity contribution in [2.45, 2.75) is 45.2 Å². The Kier molecular flexibility index (Phi) is 3.56. The Morgan fingerprint density at radius 3 is 2.76 bits per heavy atom. The average Bonchev–Trinajstić information content (AvgIpc) is 3.13. The van der Waals surface area contributed by atoms with Crippen molar-refractivity contribution in [2.24, 2.45) is 0 Å². The molecule has 1 aliphatic carbocycles. The number of anilines is 1. The van der Waals surface area contributed by atoms with Gasteiger partial charge in [0.15, 0.2) is 5.69 Å². The Balaban J connectivity index is 1.93. The van der Waals surface area contributed by atoms with E-state index in [1.807, 2.05) is 13.8 Å². The van der Waals surface area contributed by atoms with E-state index in [9.17, 15) is 4.79 Å². The van der Waals surface area contributed by atoms with E-state index in [1.165, 1.54) is 12.8 Å². The van der Waals surface area contributed by atoms with Crippen molar-refractivity contribution < 1.29 is 4.79 Å². The van der Waals surface area contributed by atoms with Crippen LogP contribution in [-0.2, 0) is 0 Å². The highest BCUT2D eigenvalue weighted by Crippen LogP contribution is 2.23. The van der Waals surface area contributed by atoms with Crippen LogP contribution in [0.15, 0.2) is 12.1 Å². The van der Waals surface area contributed by atoms with E-state index in [2.05, 4.69) is 20.8 Å².